The standard InChI is InChI=1S/C14H21N3O2S/c1-13(2,3)9-8-20-10(16-9)7-17-11(18)6-15-12(19)14(17,4)5/h8H,6-7H2,1-5H3,(H,15,19). The number of hydrogen-bond acceptors (Lipinski definition) is 4. The molecule has 0 radical (unpaired) electrons. The average molecular weight is 295 g/mol. The number of carbonyl (C=O) groups excluding carboxylic acids is 2. The van der Waals surface area contributed by atoms with Gasteiger partial charge in [0.05, 0.1) is 18.8 Å². The lowest BCUT2D eigenvalue weighted by molar-refractivity contribution is -0.152. The van der Waals surface area contributed by atoms with Crippen LogP contribution in [0.4, 0.5) is 0 Å². The van der Waals surface area contributed by atoms with E-state index >= 15 is 0 Å². The lowest BCUT2D eigenvalue weighted by Crippen LogP contribution is -2.63. The lowest BCUT2D eigenvalue weighted by atomic mass is 9.93. The molecule has 5 nitrogen and oxygen atoms in total. The van der Waals surface area contributed by atoms with Crippen molar-refractivity contribution >= 4 is 23.2 Å². The van der Waals surface area contributed by atoms with Gasteiger partial charge in [-0.2, -0.15) is 0 Å². The summed E-state index contributed by atoms with van der Waals surface area (Å²) in [7, 11) is 0. The topological polar surface area (TPSA) is 62.3 Å². The van der Waals surface area contributed by atoms with Crippen LogP contribution in [0.15, 0.2) is 5.38 Å². The fraction of sp³-hybridized carbons (Fsp3) is 0.643. The highest BCUT2D eigenvalue weighted by atomic mass is 32.1. The quantitative estimate of drug-likeness (QED) is 0.903. The summed E-state index contributed by atoms with van der Waals surface area (Å²) < 4.78 is 0. The van der Waals surface area contributed by atoms with Crippen molar-refractivity contribution in [3.8, 4) is 0 Å². The molecule has 0 bridgehead atoms. The van der Waals surface area contributed by atoms with Crippen LogP contribution < -0.4 is 5.32 Å². The van der Waals surface area contributed by atoms with Crippen LogP contribution in [0.1, 0.15) is 45.3 Å². The molecule has 1 aromatic rings. The number of aromatic nitrogens is 1. The van der Waals surface area contributed by atoms with Crippen molar-refractivity contribution in [3.05, 3.63) is 16.1 Å². The molecule has 20 heavy (non-hydrogen) atoms. The summed E-state index contributed by atoms with van der Waals surface area (Å²) in [6.07, 6.45) is 0. The zero-order valence-electron chi connectivity index (χ0n) is 12.6. The fourth-order valence-corrected chi connectivity index (χ4v) is 3.06. The van der Waals surface area contributed by atoms with Crippen molar-refractivity contribution in [2.24, 2.45) is 0 Å². The summed E-state index contributed by atoms with van der Waals surface area (Å²) in [4.78, 5) is 30.2. The van der Waals surface area contributed by atoms with Gasteiger partial charge in [0.15, 0.2) is 0 Å². The Balaban J connectivity index is 2.22. The Bertz CT molecular complexity index is 543. The number of nitrogens with zero attached hydrogens (tertiary/aromatic N) is 2. The van der Waals surface area contributed by atoms with Crippen LogP contribution in [0.3, 0.4) is 0 Å². The third-order valence-electron chi connectivity index (χ3n) is 3.55. The molecule has 110 valence electrons. The molecule has 0 saturated carbocycles. The number of piperazine rings is 1. The minimum Gasteiger partial charge on any atom is -0.345 e. The summed E-state index contributed by atoms with van der Waals surface area (Å²) in [6, 6.07) is 0. The van der Waals surface area contributed by atoms with E-state index in [2.05, 4.69) is 31.1 Å². The van der Waals surface area contributed by atoms with Crippen LogP contribution in [0.5, 0.6) is 0 Å². The molecule has 1 aliphatic rings. The number of carbonyl (C=O) groups is 2. The molecule has 0 unspecified atom stereocenters. The SMILES string of the molecule is CC(C)(C)c1csc(CN2C(=O)CNC(=O)C2(C)C)n1. The summed E-state index contributed by atoms with van der Waals surface area (Å²) >= 11 is 1.54. The molecule has 2 amide bonds. The summed E-state index contributed by atoms with van der Waals surface area (Å²) in [5.74, 6) is -0.188. The first-order valence-electron chi connectivity index (χ1n) is 6.66. The fourth-order valence-electron chi connectivity index (χ4n) is 2.05. The van der Waals surface area contributed by atoms with Crippen molar-refractivity contribution in [1.82, 2.24) is 15.2 Å². The van der Waals surface area contributed by atoms with Gasteiger partial charge in [-0.05, 0) is 13.8 Å². The predicted molar refractivity (Wildman–Crippen MR) is 78.5 cm³/mol. The van der Waals surface area contributed by atoms with Crippen molar-refractivity contribution < 1.29 is 9.59 Å². The van der Waals surface area contributed by atoms with E-state index in [1.165, 1.54) is 11.3 Å². The van der Waals surface area contributed by atoms with Gasteiger partial charge in [-0.3, -0.25) is 9.59 Å². The van der Waals surface area contributed by atoms with Gasteiger partial charge in [0.2, 0.25) is 11.8 Å². The molecule has 0 aliphatic carbocycles. The minimum absolute atomic E-state index is 0.00640. The molecular weight excluding hydrogens is 274 g/mol. The highest BCUT2D eigenvalue weighted by Gasteiger charge is 2.41. The molecule has 1 aliphatic heterocycles. The number of rotatable bonds is 2. The van der Waals surface area contributed by atoms with Gasteiger partial charge >= 0.3 is 0 Å². The smallest absolute Gasteiger partial charge is 0.245 e. The molecule has 0 atom stereocenters. The first-order valence-corrected chi connectivity index (χ1v) is 7.54. The maximum absolute atomic E-state index is 12.1. The van der Waals surface area contributed by atoms with Gasteiger partial charge in [-0.25, -0.2) is 4.98 Å². The largest absolute Gasteiger partial charge is 0.345 e. The zero-order valence-corrected chi connectivity index (χ0v) is 13.4. The van der Waals surface area contributed by atoms with E-state index < -0.39 is 5.54 Å². The molecule has 2 heterocycles. The Morgan fingerprint density at radius 1 is 1.40 bits per heavy atom. The molecule has 1 saturated heterocycles. The number of amides is 2. The molecule has 1 aromatic heterocycles. The van der Waals surface area contributed by atoms with Crippen molar-refractivity contribution in [1.29, 1.82) is 0 Å². The third-order valence-corrected chi connectivity index (χ3v) is 4.38. The molecule has 6 heteroatoms. The maximum atomic E-state index is 12.1. The molecular formula is C14H21N3O2S. The molecule has 1 fully saturated rings. The van der Waals surface area contributed by atoms with Gasteiger partial charge in [0.1, 0.15) is 10.5 Å². The van der Waals surface area contributed by atoms with Gasteiger partial charge in [-0.1, -0.05) is 20.8 Å². The maximum Gasteiger partial charge on any atom is 0.245 e. The van der Waals surface area contributed by atoms with Crippen LogP contribution in [0.25, 0.3) is 0 Å². The molecule has 0 spiro atoms. The Labute approximate surface area is 123 Å². The van der Waals surface area contributed by atoms with Gasteiger partial charge in [0.25, 0.3) is 0 Å². The summed E-state index contributed by atoms with van der Waals surface area (Å²) in [5, 5.41) is 5.51. The number of thiazole rings is 1. The summed E-state index contributed by atoms with van der Waals surface area (Å²) in [6.45, 7) is 10.3. The van der Waals surface area contributed by atoms with Crippen molar-refractivity contribution in [3.63, 3.8) is 0 Å². The van der Waals surface area contributed by atoms with Gasteiger partial charge in [0, 0.05) is 10.8 Å². The normalized spacial score (nSPS) is 19.1. The third kappa shape index (κ3) is 2.70. The number of hydrogen-bond donors (Lipinski definition) is 1. The lowest BCUT2D eigenvalue weighted by Gasteiger charge is -2.40. The van der Waals surface area contributed by atoms with Crippen LogP contribution in [0, 0.1) is 0 Å². The minimum atomic E-state index is -0.830. The van der Waals surface area contributed by atoms with E-state index in [0.29, 0.717) is 6.54 Å². The predicted octanol–water partition coefficient (Wildman–Crippen LogP) is 1.68. The second-order valence-corrected chi connectivity index (χ2v) is 7.54. The monoisotopic (exact) mass is 295 g/mol. The first-order chi connectivity index (χ1) is 9.12. The molecule has 0 aromatic carbocycles. The molecule has 2 rings (SSSR count). The van der Waals surface area contributed by atoms with E-state index in [9.17, 15) is 9.59 Å². The zero-order chi connectivity index (χ0) is 15.1. The number of nitrogens with one attached hydrogen (secondary N) is 1. The van der Waals surface area contributed by atoms with Gasteiger partial charge in [-0.15, -0.1) is 11.3 Å². The Hall–Kier alpha value is -1.43. The average Bonchev–Trinajstić information content (AvgIpc) is 2.78. The second kappa shape index (κ2) is 4.84. The van der Waals surface area contributed by atoms with Gasteiger partial charge < -0.3 is 10.2 Å². The van der Waals surface area contributed by atoms with Crippen LogP contribution in [-0.4, -0.2) is 33.8 Å². The van der Waals surface area contributed by atoms with E-state index in [1.54, 1.807) is 18.7 Å². The van der Waals surface area contributed by atoms with Crippen LogP contribution in [-0.2, 0) is 21.5 Å². The summed E-state index contributed by atoms with van der Waals surface area (Å²) in [5.41, 5.74) is 0.181. The molecule has 1 N–H and O–H groups in total. The van der Waals surface area contributed by atoms with Crippen LogP contribution >= 0.6 is 11.3 Å². The second-order valence-electron chi connectivity index (χ2n) is 6.60. The van der Waals surface area contributed by atoms with E-state index in [1.807, 2.05) is 5.38 Å². The van der Waals surface area contributed by atoms with Crippen molar-refractivity contribution in [2.45, 2.75) is 52.1 Å². The Morgan fingerprint density at radius 3 is 2.60 bits per heavy atom. The Kier molecular flexibility index (Phi) is 3.62. The van der Waals surface area contributed by atoms with Crippen molar-refractivity contribution in [2.75, 3.05) is 6.54 Å². The van der Waals surface area contributed by atoms with E-state index in [0.717, 1.165) is 10.7 Å². The van der Waals surface area contributed by atoms with E-state index in [4.69, 9.17) is 0 Å². The van der Waals surface area contributed by atoms with Crippen LogP contribution in [0.2, 0.25) is 0 Å². The highest BCUT2D eigenvalue weighted by molar-refractivity contribution is 7.09. The highest BCUT2D eigenvalue weighted by Crippen LogP contribution is 2.27. The first kappa shape index (κ1) is 15.0. The Morgan fingerprint density at radius 2 is 2.05 bits per heavy atom. The van der Waals surface area contributed by atoms with E-state index in [-0.39, 0.29) is 23.8 Å².